The molecule has 0 bridgehead atoms. The molecule has 0 unspecified atom stereocenters. The van der Waals surface area contributed by atoms with Gasteiger partial charge >= 0.3 is 13.3 Å². The Labute approximate surface area is 83.3 Å². The molecular formula is C8H7BF4O2. The molecule has 1 aromatic rings. The van der Waals surface area contributed by atoms with Crippen LogP contribution in [-0.2, 0) is 6.42 Å². The van der Waals surface area contributed by atoms with Crippen LogP contribution in [-0.4, -0.2) is 23.3 Å². The molecule has 0 aliphatic carbocycles. The van der Waals surface area contributed by atoms with E-state index in [-0.39, 0.29) is 5.56 Å². The first-order chi connectivity index (χ1) is 6.79. The second-order valence-electron chi connectivity index (χ2n) is 3.02. The Hall–Kier alpha value is -1.08. The molecule has 0 radical (unpaired) electrons. The maximum atomic E-state index is 12.9. The zero-order valence-electron chi connectivity index (χ0n) is 7.42. The highest BCUT2D eigenvalue weighted by atomic mass is 19.4. The molecule has 0 saturated carbocycles. The van der Waals surface area contributed by atoms with E-state index in [0.29, 0.717) is 0 Å². The molecule has 0 spiro atoms. The van der Waals surface area contributed by atoms with Crippen LogP contribution in [0.3, 0.4) is 0 Å². The molecule has 0 amide bonds. The first kappa shape index (κ1) is 12.0. The summed E-state index contributed by atoms with van der Waals surface area (Å²) in [6.45, 7) is 0. The SMILES string of the molecule is OB(O)c1cc(CC(F)(F)F)ccc1F. The Bertz CT molecular complexity index is 351. The highest BCUT2D eigenvalue weighted by molar-refractivity contribution is 6.58. The van der Waals surface area contributed by atoms with Gasteiger partial charge in [0.2, 0.25) is 0 Å². The van der Waals surface area contributed by atoms with E-state index in [9.17, 15) is 17.6 Å². The highest BCUT2D eigenvalue weighted by Gasteiger charge is 2.28. The summed E-state index contributed by atoms with van der Waals surface area (Å²) in [5, 5.41) is 17.3. The molecule has 0 aromatic heterocycles. The molecule has 1 aromatic carbocycles. The van der Waals surface area contributed by atoms with Gasteiger partial charge in [-0.2, -0.15) is 13.2 Å². The summed E-state index contributed by atoms with van der Waals surface area (Å²) in [6.07, 6.45) is -5.64. The third-order valence-corrected chi connectivity index (χ3v) is 1.74. The van der Waals surface area contributed by atoms with Crippen molar-refractivity contribution < 1.29 is 27.6 Å². The fourth-order valence-electron chi connectivity index (χ4n) is 1.13. The first-order valence-electron chi connectivity index (χ1n) is 4.01. The van der Waals surface area contributed by atoms with Crippen LogP contribution in [0.2, 0.25) is 0 Å². The van der Waals surface area contributed by atoms with Crippen LogP contribution in [0, 0.1) is 5.82 Å². The van der Waals surface area contributed by atoms with Crippen molar-refractivity contribution in [2.24, 2.45) is 0 Å². The van der Waals surface area contributed by atoms with E-state index in [4.69, 9.17) is 10.0 Å². The lowest BCUT2D eigenvalue weighted by Gasteiger charge is -2.08. The van der Waals surface area contributed by atoms with Gasteiger partial charge in [-0.05, 0) is 11.6 Å². The van der Waals surface area contributed by atoms with Crippen LogP contribution < -0.4 is 5.46 Å². The van der Waals surface area contributed by atoms with Gasteiger partial charge in [-0.1, -0.05) is 12.1 Å². The number of alkyl halides is 3. The van der Waals surface area contributed by atoms with Gasteiger partial charge in [0, 0.05) is 5.46 Å². The number of hydrogen-bond donors (Lipinski definition) is 2. The molecule has 0 aliphatic rings. The lowest BCUT2D eigenvalue weighted by molar-refractivity contribution is -0.127. The number of benzene rings is 1. The Kier molecular flexibility index (Phi) is 3.36. The topological polar surface area (TPSA) is 40.5 Å². The van der Waals surface area contributed by atoms with Gasteiger partial charge in [0.1, 0.15) is 5.82 Å². The summed E-state index contributed by atoms with van der Waals surface area (Å²) in [4.78, 5) is 0. The lowest BCUT2D eigenvalue weighted by atomic mass is 9.79. The number of hydrogen-bond acceptors (Lipinski definition) is 2. The molecule has 0 atom stereocenters. The summed E-state index contributed by atoms with van der Waals surface area (Å²) in [6, 6.07) is 2.51. The first-order valence-corrected chi connectivity index (χ1v) is 4.01. The monoisotopic (exact) mass is 222 g/mol. The summed E-state index contributed by atoms with van der Waals surface area (Å²) in [7, 11) is -2.11. The van der Waals surface area contributed by atoms with Gasteiger partial charge in [0.15, 0.2) is 0 Å². The van der Waals surface area contributed by atoms with Gasteiger partial charge in [-0.3, -0.25) is 0 Å². The summed E-state index contributed by atoms with van der Waals surface area (Å²) < 4.78 is 48.7. The van der Waals surface area contributed by atoms with Gasteiger partial charge in [-0.15, -0.1) is 0 Å². The van der Waals surface area contributed by atoms with Crippen molar-refractivity contribution in [2.75, 3.05) is 0 Å². The number of halogens is 4. The van der Waals surface area contributed by atoms with Gasteiger partial charge in [0.05, 0.1) is 6.42 Å². The van der Waals surface area contributed by atoms with E-state index in [1.54, 1.807) is 0 Å². The molecule has 0 fully saturated rings. The zero-order chi connectivity index (χ0) is 11.6. The minimum atomic E-state index is -4.41. The maximum Gasteiger partial charge on any atom is 0.491 e. The van der Waals surface area contributed by atoms with Crippen molar-refractivity contribution in [1.82, 2.24) is 0 Å². The largest absolute Gasteiger partial charge is 0.491 e. The fourth-order valence-corrected chi connectivity index (χ4v) is 1.13. The number of rotatable bonds is 2. The van der Waals surface area contributed by atoms with Crippen LogP contribution >= 0.6 is 0 Å². The van der Waals surface area contributed by atoms with Crippen molar-refractivity contribution >= 4 is 12.6 Å². The smallest absolute Gasteiger partial charge is 0.423 e. The lowest BCUT2D eigenvalue weighted by Crippen LogP contribution is -2.33. The van der Waals surface area contributed by atoms with Crippen molar-refractivity contribution in [3.8, 4) is 0 Å². The van der Waals surface area contributed by atoms with E-state index < -0.39 is 31.0 Å². The van der Waals surface area contributed by atoms with Crippen molar-refractivity contribution in [1.29, 1.82) is 0 Å². The van der Waals surface area contributed by atoms with Crippen LogP contribution in [0.4, 0.5) is 17.6 Å². The quantitative estimate of drug-likeness (QED) is 0.568. The van der Waals surface area contributed by atoms with E-state index in [1.807, 2.05) is 0 Å². The van der Waals surface area contributed by atoms with Crippen LogP contribution in [0.15, 0.2) is 18.2 Å². The highest BCUT2D eigenvalue weighted by Crippen LogP contribution is 2.20. The molecular weight excluding hydrogens is 215 g/mol. The second-order valence-corrected chi connectivity index (χ2v) is 3.02. The molecule has 1 rings (SSSR count). The second kappa shape index (κ2) is 4.20. The maximum absolute atomic E-state index is 12.9. The standard InChI is InChI=1S/C8H7BF4O2/c10-7-2-1-5(4-8(11,12)13)3-6(7)9(14)15/h1-3,14-15H,4H2. The average molecular weight is 222 g/mol. The van der Waals surface area contributed by atoms with Crippen molar-refractivity contribution in [3.05, 3.63) is 29.6 Å². The Morgan fingerprint density at radius 1 is 1.20 bits per heavy atom. The van der Waals surface area contributed by atoms with Crippen LogP contribution in [0.5, 0.6) is 0 Å². The van der Waals surface area contributed by atoms with E-state index in [1.165, 1.54) is 0 Å². The molecule has 15 heavy (non-hydrogen) atoms. The van der Waals surface area contributed by atoms with Gasteiger partial charge < -0.3 is 10.0 Å². The van der Waals surface area contributed by atoms with E-state index in [2.05, 4.69) is 0 Å². The van der Waals surface area contributed by atoms with Crippen molar-refractivity contribution in [2.45, 2.75) is 12.6 Å². The van der Waals surface area contributed by atoms with Crippen LogP contribution in [0.1, 0.15) is 5.56 Å². The molecule has 0 heterocycles. The third-order valence-electron chi connectivity index (χ3n) is 1.74. The van der Waals surface area contributed by atoms with E-state index >= 15 is 0 Å². The molecule has 2 N–H and O–H groups in total. The molecule has 2 nitrogen and oxygen atoms in total. The molecule has 82 valence electrons. The molecule has 0 aliphatic heterocycles. The fraction of sp³-hybridized carbons (Fsp3) is 0.250. The van der Waals surface area contributed by atoms with E-state index in [0.717, 1.165) is 18.2 Å². The third kappa shape index (κ3) is 3.52. The van der Waals surface area contributed by atoms with Gasteiger partial charge in [0.25, 0.3) is 0 Å². The predicted molar refractivity (Wildman–Crippen MR) is 46.0 cm³/mol. The normalized spacial score (nSPS) is 11.6. The van der Waals surface area contributed by atoms with Crippen molar-refractivity contribution in [3.63, 3.8) is 0 Å². The summed E-state index contributed by atoms with van der Waals surface area (Å²) in [5.41, 5.74) is -0.774. The minimum absolute atomic E-state index is 0.216. The zero-order valence-corrected chi connectivity index (χ0v) is 7.42. The summed E-state index contributed by atoms with van der Waals surface area (Å²) in [5.74, 6) is -0.948. The molecule has 7 heteroatoms. The van der Waals surface area contributed by atoms with Crippen LogP contribution in [0.25, 0.3) is 0 Å². The summed E-state index contributed by atoms with van der Waals surface area (Å²) >= 11 is 0. The Morgan fingerprint density at radius 2 is 1.80 bits per heavy atom. The van der Waals surface area contributed by atoms with Gasteiger partial charge in [-0.25, -0.2) is 4.39 Å². The Balaban J connectivity index is 2.98. The minimum Gasteiger partial charge on any atom is -0.423 e. The average Bonchev–Trinajstić information content (AvgIpc) is 2.05. The Morgan fingerprint density at radius 3 is 2.27 bits per heavy atom. The predicted octanol–water partition coefficient (Wildman–Crippen LogP) is 0.610. The molecule has 0 saturated heterocycles.